The van der Waals surface area contributed by atoms with Gasteiger partial charge in [-0.15, -0.1) is 0 Å². The Kier molecular flexibility index (Phi) is 5.96. The van der Waals surface area contributed by atoms with Crippen LogP contribution >= 0.6 is 11.6 Å². The van der Waals surface area contributed by atoms with Crippen molar-refractivity contribution in [3.8, 4) is 16.9 Å². The largest absolute Gasteiger partial charge is 0.482 e. The van der Waals surface area contributed by atoms with E-state index < -0.39 is 24.0 Å². The standard InChI is InChI=1S/C22H19ClF4N4O/c1-11(16-6-15(23)2-3-17(16)22(25,26)27)32-19-5-13(9-31-21(19)28)12-4-14-7-29-10-18(24)20(14)30-8-12/h2-6,8-9,11,18,29H,7,10H2,1H3,(H2,28,31)/t11-,18?/m1/s1. The molecule has 4 rings (SSSR count). The molecule has 0 spiro atoms. The van der Waals surface area contributed by atoms with Gasteiger partial charge in [0.1, 0.15) is 6.10 Å². The Morgan fingerprint density at radius 2 is 1.88 bits per heavy atom. The number of ether oxygens (including phenoxy) is 1. The van der Waals surface area contributed by atoms with Gasteiger partial charge in [-0.1, -0.05) is 11.6 Å². The van der Waals surface area contributed by atoms with Crippen LogP contribution in [0.3, 0.4) is 0 Å². The van der Waals surface area contributed by atoms with E-state index in [4.69, 9.17) is 22.1 Å². The summed E-state index contributed by atoms with van der Waals surface area (Å²) in [6.45, 7) is 2.16. The lowest BCUT2D eigenvalue weighted by Gasteiger charge is -2.22. The lowest BCUT2D eigenvalue weighted by atomic mass is 10.0. The zero-order valence-electron chi connectivity index (χ0n) is 16.9. The van der Waals surface area contributed by atoms with Gasteiger partial charge in [-0.05, 0) is 42.8 Å². The predicted molar refractivity (Wildman–Crippen MR) is 113 cm³/mol. The van der Waals surface area contributed by atoms with Crippen LogP contribution in [0.4, 0.5) is 23.4 Å². The minimum absolute atomic E-state index is 0.0209. The molecule has 5 nitrogen and oxygen atoms in total. The van der Waals surface area contributed by atoms with E-state index in [9.17, 15) is 17.6 Å². The summed E-state index contributed by atoms with van der Waals surface area (Å²) >= 11 is 5.92. The van der Waals surface area contributed by atoms with E-state index in [1.54, 1.807) is 12.1 Å². The number of hydrogen-bond donors (Lipinski definition) is 2. The third-order valence-electron chi connectivity index (χ3n) is 5.21. The van der Waals surface area contributed by atoms with E-state index in [2.05, 4.69) is 15.3 Å². The molecule has 1 aliphatic rings. The lowest BCUT2D eigenvalue weighted by Crippen LogP contribution is -2.26. The maximum Gasteiger partial charge on any atom is 0.416 e. The minimum Gasteiger partial charge on any atom is -0.482 e. The van der Waals surface area contributed by atoms with Crippen LogP contribution in [0, 0.1) is 0 Å². The Bertz CT molecular complexity index is 1160. The van der Waals surface area contributed by atoms with Crippen LogP contribution in [0.5, 0.6) is 5.75 Å². The number of hydrogen-bond acceptors (Lipinski definition) is 5. The first-order chi connectivity index (χ1) is 15.1. The Hall–Kier alpha value is -2.91. The van der Waals surface area contributed by atoms with Crippen molar-refractivity contribution in [2.24, 2.45) is 0 Å². The summed E-state index contributed by atoms with van der Waals surface area (Å²) < 4.78 is 60.1. The molecule has 0 aliphatic carbocycles. The van der Waals surface area contributed by atoms with Gasteiger partial charge in [-0.2, -0.15) is 13.2 Å². The number of aromatic nitrogens is 2. The molecule has 0 saturated carbocycles. The Morgan fingerprint density at radius 1 is 1.16 bits per heavy atom. The second-order valence-electron chi connectivity index (χ2n) is 7.46. The quantitative estimate of drug-likeness (QED) is 0.486. The van der Waals surface area contributed by atoms with E-state index in [1.807, 2.05) is 0 Å². The predicted octanol–water partition coefficient (Wildman–Crippen LogP) is 5.65. The highest BCUT2D eigenvalue weighted by molar-refractivity contribution is 6.30. The highest BCUT2D eigenvalue weighted by atomic mass is 35.5. The van der Waals surface area contributed by atoms with Crippen LogP contribution in [0.2, 0.25) is 5.02 Å². The average Bonchev–Trinajstić information content (AvgIpc) is 2.74. The average molecular weight is 467 g/mol. The molecule has 0 bridgehead atoms. The number of alkyl halides is 4. The number of fused-ring (bicyclic) bond motifs is 1. The van der Waals surface area contributed by atoms with Crippen molar-refractivity contribution in [2.45, 2.75) is 31.9 Å². The summed E-state index contributed by atoms with van der Waals surface area (Å²) in [4.78, 5) is 8.34. The zero-order valence-corrected chi connectivity index (χ0v) is 17.6. The van der Waals surface area contributed by atoms with E-state index in [1.165, 1.54) is 31.5 Å². The van der Waals surface area contributed by atoms with E-state index in [-0.39, 0.29) is 28.7 Å². The monoisotopic (exact) mass is 466 g/mol. The second-order valence-corrected chi connectivity index (χ2v) is 7.90. The Labute approximate surface area is 186 Å². The molecule has 0 radical (unpaired) electrons. The molecule has 0 fully saturated rings. The molecule has 2 aromatic heterocycles. The van der Waals surface area contributed by atoms with Gasteiger partial charge in [0.15, 0.2) is 17.7 Å². The third-order valence-corrected chi connectivity index (χ3v) is 5.45. The molecular weight excluding hydrogens is 448 g/mol. The normalized spacial score (nSPS) is 17.0. The number of halogens is 5. The van der Waals surface area contributed by atoms with Crippen molar-refractivity contribution >= 4 is 17.4 Å². The summed E-state index contributed by atoms with van der Waals surface area (Å²) in [6, 6.07) is 6.68. The smallest absolute Gasteiger partial charge is 0.416 e. The van der Waals surface area contributed by atoms with Crippen LogP contribution in [0.25, 0.3) is 11.1 Å². The summed E-state index contributed by atoms with van der Waals surface area (Å²) in [5, 5.41) is 3.13. The van der Waals surface area contributed by atoms with Crippen LogP contribution in [0.15, 0.2) is 42.7 Å². The Morgan fingerprint density at radius 3 is 2.62 bits per heavy atom. The molecule has 32 heavy (non-hydrogen) atoms. The first kappa shape index (κ1) is 22.3. The maximum atomic E-state index is 14.0. The molecule has 3 N–H and O–H groups in total. The van der Waals surface area contributed by atoms with Gasteiger partial charge in [-0.25, -0.2) is 9.37 Å². The van der Waals surface area contributed by atoms with Crippen LogP contribution in [-0.4, -0.2) is 16.5 Å². The maximum absolute atomic E-state index is 14.0. The molecule has 3 aromatic rings. The van der Waals surface area contributed by atoms with Gasteiger partial charge in [0.2, 0.25) is 0 Å². The topological polar surface area (TPSA) is 73.1 Å². The number of rotatable bonds is 4. The van der Waals surface area contributed by atoms with Gasteiger partial charge in [0.25, 0.3) is 0 Å². The number of nitrogens with two attached hydrogens (primary N) is 1. The van der Waals surface area contributed by atoms with Gasteiger partial charge in [-0.3, -0.25) is 4.98 Å². The van der Waals surface area contributed by atoms with Crippen LogP contribution < -0.4 is 15.8 Å². The first-order valence-electron chi connectivity index (χ1n) is 9.76. The fourth-order valence-corrected chi connectivity index (χ4v) is 3.80. The summed E-state index contributed by atoms with van der Waals surface area (Å²) in [5.74, 6) is 0.134. The second kappa shape index (κ2) is 8.55. The number of nitrogen functional groups attached to an aromatic ring is 1. The molecule has 1 aromatic carbocycles. The molecule has 2 atom stereocenters. The number of anilines is 1. The number of nitrogens with zero attached hydrogens (tertiary/aromatic N) is 2. The van der Waals surface area contributed by atoms with Crippen molar-refractivity contribution in [3.63, 3.8) is 0 Å². The van der Waals surface area contributed by atoms with Crippen LogP contribution in [0.1, 0.15) is 41.6 Å². The van der Waals surface area contributed by atoms with Gasteiger partial charge >= 0.3 is 6.18 Å². The molecule has 1 unspecified atom stereocenters. The van der Waals surface area contributed by atoms with E-state index in [0.717, 1.165) is 11.6 Å². The fraction of sp³-hybridized carbons (Fsp3) is 0.273. The summed E-state index contributed by atoms with van der Waals surface area (Å²) in [6.07, 6.45) is -3.74. The molecule has 0 amide bonds. The molecular formula is C22H19ClF4N4O. The molecule has 3 heterocycles. The number of pyridine rings is 2. The van der Waals surface area contributed by atoms with Crippen LogP contribution in [-0.2, 0) is 12.7 Å². The van der Waals surface area contributed by atoms with Crippen molar-refractivity contribution in [1.82, 2.24) is 15.3 Å². The van der Waals surface area contributed by atoms with E-state index in [0.29, 0.717) is 23.4 Å². The van der Waals surface area contributed by atoms with Crippen molar-refractivity contribution < 1.29 is 22.3 Å². The number of benzene rings is 1. The van der Waals surface area contributed by atoms with Crippen molar-refractivity contribution in [2.75, 3.05) is 12.3 Å². The molecule has 10 heteroatoms. The highest BCUT2D eigenvalue weighted by Crippen LogP contribution is 2.38. The molecule has 168 valence electrons. The third kappa shape index (κ3) is 4.49. The summed E-state index contributed by atoms with van der Waals surface area (Å²) in [5.41, 5.74) is 7.31. The van der Waals surface area contributed by atoms with Gasteiger partial charge in [0.05, 0.1) is 11.3 Å². The minimum atomic E-state index is -4.57. The van der Waals surface area contributed by atoms with Gasteiger partial charge < -0.3 is 15.8 Å². The molecule has 0 saturated heterocycles. The van der Waals surface area contributed by atoms with Gasteiger partial charge in [0, 0.05) is 47.2 Å². The molecule has 1 aliphatic heterocycles. The Balaban J connectivity index is 1.66. The SMILES string of the molecule is C[C@@H](Oc1cc(-c2cnc3c(c2)CNCC3F)cnc1N)c1cc(Cl)ccc1C(F)(F)F. The fourth-order valence-electron chi connectivity index (χ4n) is 3.62. The first-order valence-corrected chi connectivity index (χ1v) is 10.1. The zero-order chi connectivity index (χ0) is 23.0. The summed E-state index contributed by atoms with van der Waals surface area (Å²) in [7, 11) is 0. The van der Waals surface area contributed by atoms with Crippen molar-refractivity contribution in [1.29, 1.82) is 0 Å². The van der Waals surface area contributed by atoms with Crippen molar-refractivity contribution in [3.05, 3.63) is 70.1 Å². The lowest BCUT2D eigenvalue weighted by molar-refractivity contribution is -0.138. The number of nitrogens with one attached hydrogen (secondary N) is 1. The van der Waals surface area contributed by atoms with E-state index >= 15 is 0 Å². The highest BCUT2D eigenvalue weighted by Gasteiger charge is 2.35.